The van der Waals surface area contributed by atoms with Crippen LogP contribution in [0.2, 0.25) is 5.02 Å². The first-order valence-electron chi connectivity index (χ1n) is 10.5. The van der Waals surface area contributed by atoms with Gasteiger partial charge in [-0.3, -0.25) is 4.79 Å². The minimum Gasteiger partial charge on any atom is -0.493 e. The van der Waals surface area contributed by atoms with Crippen LogP contribution in [0.25, 0.3) is 17.2 Å². The predicted octanol–water partition coefficient (Wildman–Crippen LogP) is 6.61. The normalized spacial score (nSPS) is 11.0. The quantitative estimate of drug-likeness (QED) is 0.279. The number of hydrogen-bond donors (Lipinski definition) is 1. The molecule has 1 amide bonds. The van der Waals surface area contributed by atoms with Crippen LogP contribution in [-0.2, 0) is 9.53 Å². The molecule has 0 aliphatic carbocycles. The van der Waals surface area contributed by atoms with Gasteiger partial charge in [0.15, 0.2) is 11.5 Å². The van der Waals surface area contributed by atoms with Gasteiger partial charge in [-0.1, -0.05) is 29.8 Å². The highest BCUT2D eigenvalue weighted by molar-refractivity contribution is 7.17. The van der Waals surface area contributed by atoms with Crippen molar-refractivity contribution in [3.8, 4) is 22.6 Å². The highest BCUT2D eigenvalue weighted by Gasteiger charge is 2.25. The molecule has 0 atom stereocenters. The van der Waals surface area contributed by atoms with E-state index in [0.29, 0.717) is 32.6 Å². The summed E-state index contributed by atoms with van der Waals surface area (Å²) in [6.45, 7) is 5.75. The van der Waals surface area contributed by atoms with E-state index in [1.807, 2.05) is 39.0 Å². The molecule has 0 aliphatic rings. The smallest absolute Gasteiger partial charge is 0.341 e. The Balaban J connectivity index is 1.87. The molecule has 178 valence electrons. The lowest BCUT2D eigenvalue weighted by Crippen LogP contribution is -2.11. The van der Waals surface area contributed by atoms with Crippen molar-refractivity contribution in [2.24, 2.45) is 0 Å². The maximum atomic E-state index is 12.7. The Kier molecular flexibility index (Phi) is 8.36. The van der Waals surface area contributed by atoms with Gasteiger partial charge in [0.25, 0.3) is 0 Å². The van der Waals surface area contributed by atoms with E-state index < -0.39 is 5.97 Å². The number of thiophene rings is 1. The molecule has 0 saturated carbocycles. The van der Waals surface area contributed by atoms with E-state index in [2.05, 4.69) is 5.32 Å². The molecular formula is C26H26ClNO5S. The summed E-state index contributed by atoms with van der Waals surface area (Å²) in [6.07, 6.45) is 3.07. The predicted molar refractivity (Wildman–Crippen MR) is 137 cm³/mol. The molecule has 3 rings (SSSR count). The average molecular weight is 500 g/mol. The van der Waals surface area contributed by atoms with Crippen molar-refractivity contribution < 1.29 is 23.8 Å². The van der Waals surface area contributed by atoms with Crippen LogP contribution in [0.3, 0.4) is 0 Å². The summed E-state index contributed by atoms with van der Waals surface area (Å²) in [5.74, 6) is 0.281. The van der Waals surface area contributed by atoms with E-state index in [1.165, 1.54) is 24.5 Å². The summed E-state index contributed by atoms with van der Waals surface area (Å²) in [5, 5.41) is 3.77. The van der Waals surface area contributed by atoms with Gasteiger partial charge < -0.3 is 19.5 Å². The Morgan fingerprint density at radius 3 is 2.50 bits per heavy atom. The van der Waals surface area contributed by atoms with Gasteiger partial charge in [0.05, 0.1) is 20.3 Å². The average Bonchev–Trinajstić information content (AvgIpc) is 3.12. The number of carbonyl (C=O) groups excluding carboxylic acids is 2. The number of benzene rings is 2. The SMILES string of the molecule is COC(=O)c1c(NC(=O)/C=C/c2ccc(OC(C)C)c(OC)c2)sc(C)c1-c1cccc(Cl)c1. The number of hydrogen-bond acceptors (Lipinski definition) is 6. The first-order valence-corrected chi connectivity index (χ1v) is 11.7. The highest BCUT2D eigenvalue weighted by atomic mass is 35.5. The van der Waals surface area contributed by atoms with Crippen LogP contribution in [0.1, 0.15) is 34.6 Å². The van der Waals surface area contributed by atoms with Gasteiger partial charge in [-0.25, -0.2) is 4.79 Å². The summed E-state index contributed by atoms with van der Waals surface area (Å²) in [5.41, 5.74) is 2.52. The van der Waals surface area contributed by atoms with E-state index in [0.717, 1.165) is 16.0 Å². The van der Waals surface area contributed by atoms with Gasteiger partial charge in [0, 0.05) is 21.5 Å². The second-order valence-corrected chi connectivity index (χ2v) is 9.30. The summed E-state index contributed by atoms with van der Waals surface area (Å²) in [6, 6.07) is 12.6. The monoisotopic (exact) mass is 499 g/mol. The summed E-state index contributed by atoms with van der Waals surface area (Å²) < 4.78 is 16.1. The van der Waals surface area contributed by atoms with E-state index >= 15 is 0 Å². The molecule has 2 aromatic carbocycles. The van der Waals surface area contributed by atoms with Gasteiger partial charge >= 0.3 is 5.97 Å². The van der Waals surface area contributed by atoms with E-state index in [4.69, 9.17) is 25.8 Å². The molecule has 8 heteroatoms. The zero-order chi connectivity index (χ0) is 24.8. The van der Waals surface area contributed by atoms with E-state index in [-0.39, 0.29) is 12.0 Å². The number of halogens is 1. The lowest BCUT2D eigenvalue weighted by molar-refractivity contribution is -0.111. The second-order valence-electron chi connectivity index (χ2n) is 7.64. The van der Waals surface area contributed by atoms with Crippen LogP contribution in [0, 0.1) is 6.92 Å². The third-order valence-corrected chi connectivity index (χ3v) is 6.06. The van der Waals surface area contributed by atoms with Gasteiger partial charge in [-0.05, 0) is 62.2 Å². The van der Waals surface area contributed by atoms with Gasteiger partial charge in [-0.2, -0.15) is 0 Å². The Hall–Kier alpha value is -3.29. The molecule has 0 unspecified atom stereocenters. The van der Waals surface area contributed by atoms with Gasteiger partial charge in [0.1, 0.15) is 10.6 Å². The van der Waals surface area contributed by atoms with Crippen LogP contribution in [0.15, 0.2) is 48.5 Å². The number of ether oxygens (including phenoxy) is 3. The lowest BCUT2D eigenvalue weighted by Gasteiger charge is -2.13. The molecule has 34 heavy (non-hydrogen) atoms. The Labute approximate surface area is 208 Å². The molecule has 0 saturated heterocycles. The largest absolute Gasteiger partial charge is 0.493 e. The van der Waals surface area contributed by atoms with Crippen LogP contribution >= 0.6 is 22.9 Å². The van der Waals surface area contributed by atoms with Gasteiger partial charge in [0.2, 0.25) is 5.91 Å². The Bertz CT molecular complexity index is 1230. The number of amides is 1. The van der Waals surface area contributed by atoms with Crippen LogP contribution < -0.4 is 14.8 Å². The zero-order valence-corrected chi connectivity index (χ0v) is 21.2. The van der Waals surface area contributed by atoms with E-state index in [9.17, 15) is 9.59 Å². The van der Waals surface area contributed by atoms with Crippen molar-refractivity contribution in [2.45, 2.75) is 26.9 Å². The number of aryl methyl sites for hydroxylation is 1. The highest BCUT2D eigenvalue weighted by Crippen LogP contribution is 2.41. The molecule has 1 aromatic heterocycles. The minimum absolute atomic E-state index is 0.0103. The summed E-state index contributed by atoms with van der Waals surface area (Å²) in [4.78, 5) is 26.2. The Morgan fingerprint density at radius 1 is 1.09 bits per heavy atom. The standard InChI is InChI=1S/C26H26ClNO5S/c1-15(2)33-20-11-9-17(13-21(20)31-4)10-12-22(29)28-25-24(26(30)32-5)23(16(3)34-25)18-7-6-8-19(27)14-18/h6-15H,1-5H3,(H,28,29)/b12-10+. The zero-order valence-electron chi connectivity index (χ0n) is 19.6. The first kappa shape index (κ1) is 25.3. The van der Waals surface area contributed by atoms with Gasteiger partial charge in [-0.15, -0.1) is 11.3 Å². The fraction of sp³-hybridized carbons (Fsp3) is 0.231. The van der Waals surface area contributed by atoms with Crippen molar-refractivity contribution in [1.82, 2.24) is 0 Å². The third-order valence-electron chi connectivity index (χ3n) is 4.80. The molecule has 0 fully saturated rings. The number of anilines is 1. The van der Waals surface area contributed by atoms with Crippen molar-refractivity contribution in [3.05, 3.63) is 69.6 Å². The molecule has 1 heterocycles. The first-order chi connectivity index (χ1) is 16.2. The molecular weight excluding hydrogens is 474 g/mol. The van der Waals surface area contributed by atoms with Crippen molar-refractivity contribution in [3.63, 3.8) is 0 Å². The number of esters is 1. The molecule has 6 nitrogen and oxygen atoms in total. The molecule has 1 N–H and O–H groups in total. The maximum absolute atomic E-state index is 12.7. The number of carbonyl (C=O) groups is 2. The second kappa shape index (κ2) is 11.2. The van der Waals surface area contributed by atoms with Crippen LogP contribution in [0.5, 0.6) is 11.5 Å². The molecule has 0 radical (unpaired) electrons. The van der Waals surface area contributed by atoms with Crippen molar-refractivity contribution in [2.75, 3.05) is 19.5 Å². The molecule has 0 spiro atoms. The lowest BCUT2D eigenvalue weighted by atomic mass is 10.0. The van der Waals surface area contributed by atoms with Crippen molar-refractivity contribution in [1.29, 1.82) is 0 Å². The third kappa shape index (κ3) is 5.98. The summed E-state index contributed by atoms with van der Waals surface area (Å²) >= 11 is 7.45. The van der Waals surface area contributed by atoms with Crippen LogP contribution in [-0.4, -0.2) is 32.2 Å². The number of nitrogens with one attached hydrogen (secondary N) is 1. The molecule has 0 aliphatic heterocycles. The topological polar surface area (TPSA) is 73.9 Å². The fourth-order valence-electron chi connectivity index (χ4n) is 3.39. The molecule has 0 bridgehead atoms. The number of rotatable bonds is 8. The maximum Gasteiger partial charge on any atom is 0.341 e. The number of methoxy groups -OCH3 is 2. The minimum atomic E-state index is -0.538. The van der Waals surface area contributed by atoms with E-state index in [1.54, 1.807) is 37.5 Å². The Morgan fingerprint density at radius 2 is 1.85 bits per heavy atom. The molecule has 3 aromatic rings. The van der Waals surface area contributed by atoms with Crippen LogP contribution in [0.4, 0.5) is 5.00 Å². The van der Waals surface area contributed by atoms with Crippen molar-refractivity contribution >= 4 is 45.9 Å². The summed E-state index contributed by atoms with van der Waals surface area (Å²) in [7, 11) is 2.87. The fourth-order valence-corrected chi connectivity index (χ4v) is 4.64.